The smallest absolute Gasteiger partial charge is 0.240 e. The number of rotatable bonds is 7. The molecular formula is C17H29N3O2. The minimum absolute atomic E-state index is 0.307. The molecule has 1 aromatic rings. The van der Waals surface area contributed by atoms with Crippen molar-refractivity contribution in [3.63, 3.8) is 0 Å². The molecule has 5 nitrogen and oxygen atoms in total. The lowest BCUT2D eigenvalue weighted by Gasteiger charge is -2.39. The number of hydrogen-bond donors (Lipinski definition) is 0. The third kappa shape index (κ3) is 4.07. The molecule has 2 fully saturated rings. The van der Waals surface area contributed by atoms with Crippen molar-refractivity contribution in [2.75, 3.05) is 13.1 Å². The Bertz CT molecular complexity index is 470. The summed E-state index contributed by atoms with van der Waals surface area (Å²) in [5.74, 6) is 2.77. The number of aromatic nitrogens is 2. The summed E-state index contributed by atoms with van der Waals surface area (Å²) in [6, 6.07) is 0. The van der Waals surface area contributed by atoms with Crippen molar-refractivity contribution in [3.8, 4) is 0 Å². The standard InChI is InChI=1S/C17H29N3O2/c1-4-5-6-14-9-20(10-15(21-14)12(2)3)11-16-18-17(19-22-16)13-7-8-13/h12-15H,4-11H2,1-3H3/t14-,15-/m1/s1. The highest BCUT2D eigenvalue weighted by Gasteiger charge is 2.32. The Morgan fingerprint density at radius 2 is 2.09 bits per heavy atom. The molecule has 5 heteroatoms. The first-order valence-corrected chi connectivity index (χ1v) is 8.86. The van der Waals surface area contributed by atoms with Crippen molar-refractivity contribution < 1.29 is 9.26 Å². The Kier molecular flexibility index (Phi) is 5.14. The van der Waals surface area contributed by atoms with Gasteiger partial charge < -0.3 is 9.26 Å². The third-order valence-electron chi connectivity index (χ3n) is 4.68. The fraction of sp³-hybridized carbons (Fsp3) is 0.882. The van der Waals surface area contributed by atoms with Gasteiger partial charge in [0.05, 0.1) is 18.8 Å². The van der Waals surface area contributed by atoms with Crippen LogP contribution in [0.15, 0.2) is 4.52 Å². The molecule has 22 heavy (non-hydrogen) atoms. The zero-order chi connectivity index (χ0) is 15.5. The highest BCUT2D eigenvalue weighted by Crippen LogP contribution is 2.38. The quantitative estimate of drug-likeness (QED) is 0.773. The topological polar surface area (TPSA) is 51.4 Å². The van der Waals surface area contributed by atoms with E-state index >= 15 is 0 Å². The van der Waals surface area contributed by atoms with Crippen LogP contribution in [0.25, 0.3) is 0 Å². The molecule has 0 spiro atoms. The molecule has 0 aromatic carbocycles. The molecule has 0 radical (unpaired) electrons. The van der Waals surface area contributed by atoms with Crippen LogP contribution in [0.1, 0.15) is 70.5 Å². The minimum Gasteiger partial charge on any atom is -0.372 e. The molecule has 0 unspecified atom stereocenters. The number of ether oxygens (including phenoxy) is 1. The molecule has 124 valence electrons. The Morgan fingerprint density at radius 3 is 2.77 bits per heavy atom. The SMILES string of the molecule is CCCC[C@@H]1CN(Cc2nc(C3CC3)no2)C[C@H](C(C)C)O1. The predicted octanol–water partition coefficient (Wildman–Crippen LogP) is 3.36. The van der Waals surface area contributed by atoms with E-state index in [1.54, 1.807) is 0 Å². The fourth-order valence-corrected chi connectivity index (χ4v) is 3.07. The van der Waals surface area contributed by atoms with E-state index in [4.69, 9.17) is 9.26 Å². The average Bonchev–Trinajstić information content (AvgIpc) is 3.25. The first-order valence-electron chi connectivity index (χ1n) is 8.86. The fourth-order valence-electron chi connectivity index (χ4n) is 3.07. The maximum absolute atomic E-state index is 6.26. The summed E-state index contributed by atoms with van der Waals surface area (Å²) in [5, 5.41) is 4.12. The summed E-state index contributed by atoms with van der Waals surface area (Å²) in [5.41, 5.74) is 0. The number of hydrogen-bond acceptors (Lipinski definition) is 5. The number of nitrogens with zero attached hydrogens (tertiary/aromatic N) is 3. The summed E-state index contributed by atoms with van der Waals surface area (Å²) in [6.07, 6.45) is 6.67. The van der Waals surface area contributed by atoms with Gasteiger partial charge in [0.25, 0.3) is 0 Å². The summed E-state index contributed by atoms with van der Waals surface area (Å²) in [7, 11) is 0. The molecule has 2 aliphatic rings. The zero-order valence-corrected chi connectivity index (χ0v) is 14.1. The second kappa shape index (κ2) is 7.09. The molecule has 0 N–H and O–H groups in total. The van der Waals surface area contributed by atoms with E-state index in [2.05, 4.69) is 35.8 Å². The van der Waals surface area contributed by atoms with Crippen molar-refractivity contribution in [1.29, 1.82) is 0 Å². The van der Waals surface area contributed by atoms with E-state index in [0.717, 1.165) is 37.8 Å². The Hall–Kier alpha value is -0.940. The molecule has 1 saturated carbocycles. The van der Waals surface area contributed by atoms with Crippen molar-refractivity contribution in [1.82, 2.24) is 15.0 Å². The van der Waals surface area contributed by atoms with E-state index < -0.39 is 0 Å². The maximum atomic E-state index is 6.26. The van der Waals surface area contributed by atoms with Gasteiger partial charge in [-0.05, 0) is 25.2 Å². The lowest BCUT2D eigenvalue weighted by Crippen LogP contribution is -2.49. The van der Waals surface area contributed by atoms with Crippen LogP contribution in [0.4, 0.5) is 0 Å². The van der Waals surface area contributed by atoms with Crippen LogP contribution in [0.2, 0.25) is 0 Å². The molecular weight excluding hydrogens is 278 g/mol. The summed E-state index contributed by atoms with van der Waals surface area (Å²) in [6.45, 7) is 9.41. The molecule has 3 rings (SSSR count). The van der Waals surface area contributed by atoms with Crippen LogP contribution in [-0.2, 0) is 11.3 Å². The van der Waals surface area contributed by atoms with Crippen LogP contribution in [0.3, 0.4) is 0 Å². The second-order valence-corrected chi connectivity index (χ2v) is 7.20. The highest BCUT2D eigenvalue weighted by atomic mass is 16.5. The number of morpholine rings is 1. The van der Waals surface area contributed by atoms with Gasteiger partial charge in [-0.1, -0.05) is 38.8 Å². The van der Waals surface area contributed by atoms with Gasteiger partial charge in [0.1, 0.15) is 0 Å². The first-order chi connectivity index (χ1) is 10.7. The van der Waals surface area contributed by atoms with Crippen LogP contribution < -0.4 is 0 Å². The monoisotopic (exact) mass is 307 g/mol. The largest absolute Gasteiger partial charge is 0.372 e. The lowest BCUT2D eigenvalue weighted by atomic mass is 10.0. The van der Waals surface area contributed by atoms with Crippen molar-refractivity contribution in [2.24, 2.45) is 5.92 Å². The normalized spacial score (nSPS) is 26.7. The lowest BCUT2D eigenvalue weighted by molar-refractivity contribution is -0.109. The molecule has 1 aliphatic heterocycles. The van der Waals surface area contributed by atoms with E-state index in [-0.39, 0.29) is 0 Å². The van der Waals surface area contributed by atoms with Gasteiger partial charge in [-0.15, -0.1) is 0 Å². The number of unbranched alkanes of at least 4 members (excludes halogenated alkanes) is 1. The zero-order valence-electron chi connectivity index (χ0n) is 14.1. The van der Waals surface area contributed by atoms with E-state index in [0.29, 0.717) is 24.0 Å². The van der Waals surface area contributed by atoms with Crippen LogP contribution in [0, 0.1) is 5.92 Å². The van der Waals surface area contributed by atoms with Gasteiger partial charge in [-0.3, -0.25) is 4.90 Å². The van der Waals surface area contributed by atoms with Crippen LogP contribution >= 0.6 is 0 Å². The molecule has 1 saturated heterocycles. The molecule has 0 bridgehead atoms. The Balaban J connectivity index is 1.59. The van der Waals surface area contributed by atoms with Crippen LogP contribution in [-0.4, -0.2) is 40.3 Å². The van der Waals surface area contributed by atoms with Gasteiger partial charge >= 0.3 is 0 Å². The van der Waals surface area contributed by atoms with Gasteiger partial charge in [-0.25, -0.2) is 0 Å². The predicted molar refractivity (Wildman–Crippen MR) is 84.6 cm³/mol. The van der Waals surface area contributed by atoms with Crippen molar-refractivity contribution >= 4 is 0 Å². The first kappa shape index (κ1) is 15.9. The van der Waals surface area contributed by atoms with Gasteiger partial charge in [0.15, 0.2) is 5.82 Å². The Morgan fingerprint density at radius 1 is 1.27 bits per heavy atom. The van der Waals surface area contributed by atoms with Crippen molar-refractivity contribution in [2.45, 2.75) is 77.5 Å². The van der Waals surface area contributed by atoms with Gasteiger partial charge in [0, 0.05) is 19.0 Å². The summed E-state index contributed by atoms with van der Waals surface area (Å²) in [4.78, 5) is 6.99. The van der Waals surface area contributed by atoms with E-state index in [1.807, 2.05) is 0 Å². The second-order valence-electron chi connectivity index (χ2n) is 7.20. The third-order valence-corrected chi connectivity index (χ3v) is 4.68. The van der Waals surface area contributed by atoms with Gasteiger partial charge in [-0.2, -0.15) is 4.98 Å². The van der Waals surface area contributed by atoms with E-state index in [1.165, 1.54) is 25.7 Å². The molecule has 2 atom stereocenters. The van der Waals surface area contributed by atoms with Gasteiger partial charge in [0.2, 0.25) is 5.89 Å². The Labute approximate surface area is 133 Å². The molecule has 0 amide bonds. The summed E-state index contributed by atoms with van der Waals surface area (Å²) < 4.78 is 11.7. The highest BCUT2D eigenvalue weighted by molar-refractivity contribution is 5.03. The average molecular weight is 307 g/mol. The van der Waals surface area contributed by atoms with Crippen LogP contribution in [0.5, 0.6) is 0 Å². The molecule has 2 heterocycles. The maximum Gasteiger partial charge on any atom is 0.240 e. The molecule has 1 aromatic heterocycles. The summed E-state index contributed by atoms with van der Waals surface area (Å²) >= 11 is 0. The van der Waals surface area contributed by atoms with E-state index in [9.17, 15) is 0 Å². The minimum atomic E-state index is 0.307. The molecule has 1 aliphatic carbocycles. The van der Waals surface area contributed by atoms with Crippen molar-refractivity contribution in [3.05, 3.63) is 11.7 Å².